The average molecular weight is 479 g/mol. The third-order valence-electron chi connectivity index (χ3n) is 6.22. The Morgan fingerprint density at radius 1 is 0.912 bits per heavy atom. The predicted molar refractivity (Wildman–Crippen MR) is 134 cm³/mol. The smallest absolute Gasteiger partial charge is 0.319 e. The van der Waals surface area contributed by atoms with Gasteiger partial charge in [0.25, 0.3) is 0 Å². The first kappa shape index (κ1) is 22.4. The van der Waals surface area contributed by atoms with E-state index in [0.717, 1.165) is 43.2 Å². The highest BCUT2D eigenvalue weighted by molar-refractivity contribution is 6.30. The third-order valence-corrected chi connectivity index (χ3v) is 6.47. The second-order valence-corrected chi connectivity index (χ2v) is 8.77. The van der Waals surface area contributed by atoms with Crippen molar-refractivity contribution in [3.63, 3.8) is 0 Å². The summed E-state index contributed by atoms with van der Waals surface area (Å²) in [4.78, 5) is 17.4. The number of anilines is 2. The summed E-state index contributed by atoms with van der Waals surface area (Å²) < 4.78 is 11.1. The van der Waals surface area contributed by atoms with Crippen LogP contribution in [-0.2, 0) is 0 Å². The zero-order valence-corrected chi connectivity index (χ0v) is 19.5. The van der Waals surface area contributed by atoms with Gasteiger partial charge in [-0.25, -0.2) is 4.79 Å². The Hall–Kier alpha value is -3.42. The van der Waals surface area contributed by atoms with Crippen LogP contribution >= 0.6 is 11.6 Å². The molecule has 0 saturated carbocycles. The van der Waals surface area contributed by atoms with E-state index in [1.165, 1.54) is 5.69 Å². The molecule has 0 bridgehead atoms. The fourth-order valence-electron chi connectivity index (χ4n) is 4.41. The molecule has 2 heterocycles. The summed E-state index contributed by atoms with van der Waals surface area (Å²) in [6.07, 6.45) is 0. The van der Waals surface area contributed by atoms with Gasteiger partial charge in [0.2, 0.25) is 6.79 Å². The maximum absolute atomic E-state index is 12.6. The molecule has 0 radical (unpaired) electrons. The van der Waals surface area contributed by atoms with Gasteiger partial charge in [-0.1, -0.05) is 35.9 Å². The number of nitrogens with one attached hydrogen (secondary N) is 2. The number of hydrogen-bond acceptors (Lipinski definition) is 5. The SMILES string of the molecule is O=C(NC[C@H](c1ccc2c(c1)OCO2)N1CCN(c2ccccc2)CC1)Nc1ccc(Cl)cc1. The number of rotatable bonds is 6. The monoisotopic (exact) mass is 478 g/mol. The summed E-state index contributed by atoms with van der Waals surface area (Å²) in [5.74, 6) is 1.50. The number of nitrogens with zero attached hydrogens (tertiary/aromatic N) is 2. The van der Waals surface area contributed by atoms with E-state index >= 15 is 0 Å². The first-order valence-corrected chi connectivity index (χ1v) is 11.8. The van der Waals surface area contributed by atoms with Crippen LogP contribution in [0.1, 0.15) is 11.6 Å². The Morgan fingerprint density at radius 3 is 2.41 bits per heavy atom. The number of hydrogen-bond donors (Lipinski definition) is 2. The lowest BCUT2D eigenvalue weighted by atomic mass is 10.0. The Kier molecular flexibility index (Phi) is 6.74. The van der Waals surface area contributed by atoms with Gasteiger partial charge in [0.05, 0.1) is 6.04 Å². The molecule has 1 atom stereocenters. The van der Waals surface area contributed by atoms with Crippen molar-refractivity contribution < 1.29 is 14.3 Å². The molecular formula is C26H27ClN4O3. The molecule has 0 aliphatic carbocycles. The first-order valence-electron chi connectivity index (χ1n) is 11.4. The molecule has 3 aromatic rings. The van der Waals surface area contributed by atoms with E-state index < -0.39 is 0 Å². The Labute approximate surface area is 204 Å². The van der Waals surface area contributed by atoms with Crippen LogP contribution in [0.15, 0.2) is 72.8 Å². The molecule has 1 fully saturated rings. The quantitative estimate of drug-likeness (QED) is 0.535. The molecule has 7 nitrogen and oxygen atoms in total. The maximum atomic E-state index is 12.6. The summed E-state index contributed by atoms with van der Waals surface area (Å²) in [6, 6.07) is 23.3. The fourth-order valence-corrected chi connectivity index (χ4v) is 4.53. The minimum atomic E-state index is -0.254. The van der Waals surface area contributed by atoms with Gasteiger partial charge in [-0.15, -0.1) is 0 Å². The molecule has 176 valence electrons. The highest BCUT2D eigenvalue weighted by Crippen LogP contribution is 2.35. The number of para-hydroxylation sites is 1. The van der Waals surface area contributed by atoms with Crippen molar-refractivity contribution in [1.82, 2.24) is 10.2 Å². The summed E-state index contributed by atoms with van der Waals surface area (Å²) >= 11 is 5.94. The van der Waals surface area contributed by atoms with Gasteiger partial charge in [0.15, 0.2) is 11.5 Å². The Bertz CT molecular complexity index is 1120. The van der Waals surface area contributed by atoms with E-state index in [-0.39, 0.29) is 18.9 Å². The third kappa shape index (κ3) is 5.21. The van der Waals surface area contributed by atoms with E-state index in [0.29, 0.717) is 17.3 Å². The van der Waals surface area contributed by atoms with Crippen LogP contribution < -0.4 is 25.0 Å². The lowest BCUT2D eigenvalue weighted by Gasteiger charge is -2.40. The number of carbonyl (C=O) groups is 1. The van der Waals surface area contributed by atoms with Crippen molar-refractivity contribution in [2.75, 3.05) is 49.7 Å². The minimum absolute atomic E-state index is 0.00314. The lowest BCUT2D eigenvalue weighted by Crippen LogP contribution is -2.50. The maximum Gasteiger partial charge on any atom is 0.319 e. The van der Waals surface area contributed by atoms with Gasteiger partial charge in [-0.05, 0) is 54.1 Å². The molecule has 1 saturated heterocycles. The fraction of sp³-hybridized carbons (Fsp3) is 0.269. The second-order valence-electron chi connectivity index (χ2n) is 8.33. The standard InChI is InChI=1S/C26H27ClN4O3/c27-20-7-9-21(10-8-20)29-26(32)28-17-23(19-6-11-24-25(16-19)34-18-33-24)31-14-12-30(13-15-31)22-4-2-1-3-5-22/h1-11,16,23H,12-15,17-18H2,(H2,28,29,32)/t23-/m1/s1. The van der Waals surface area contributed by atoms with Crippen LogP contribution in [0.4, 0.5) is 16.2 Å². The van der Waals surface area contributed by atoms with Crippen molar-refractivity contribution in [1.29, 1.82) is 0 Å². The Balaban J connectivity index is 1.28. The van der Waals surface area contributed by atoms with E-state index in [4.69, 9.17) is 21.1 Å². The second kappa shape index (κ2) is 10.2. The number of fused-ring (bicyclic) bond motifs is 1. The highest BCUT2D eigenvalue weighted by Gasteiger charge is 2.27. The first-order chi connectivity index (χ1) is 16.7. The normalized spacial score (nSPS) is 16.2. The summed E-state index contributed by atoms with van der Waals surface area (Å²) in [6.45, 7) is 4.30. The van der Waals surface area contributed by atoms with Crippen molar-refractivity contribution in [3.8, 4) is 11.5 Å². The van der Waals surface area contributed by atoms with Gasteiger partial charge in [-0.3, -0.25) is 4.90 Å². The number of benzene rings is 3. The van der Waals surface area contributed by atoms with Crippen LogP contribution in [-0.4, -0.2) is 50.4 Å². The largest absolute Gasteiger partial charge is 0.454 e. The molecule has 0 aromatic heterocycles. The lowest BCUT2D eigenvalue weighted by molar-refractivity contribution is 0.173. The number of piperazine rings is 1. The van der Waals surface area contributed by atoms with Gasteiger partial charge in [0.1, 0.15) is 0 Å². The number of halogens is 1. The Morgan fingerprint density at radius 2 is 1.65 bits per heavy atom. The number of amides is 2. The minimum Gasteiger partial charge on any atom is -0.454 e. The van der Waals surface area contributed by atoms with E-state index in [1.54, 1.807) is 24.3 Å². The van der Waals surface area contributed by atoms with Crippen molar-refractivity contribution in [3.05, 3.63) is 83.4 Å². The summed E-state index contributed by atoms with van der Waals surface area (Å²) in [7, 11) is 0. The molecule has 0 spiro atoms. The molecule has 5 rings (SSSR count). The average Bonchev–Trinajstić information content (AvgIpc) is 3.35. The summed E-state index contributed by atoms with van der Waals surface area (Å²) in [5.41, 5.74) is 3.02. The molecule has 34 heavy (non-hydrogen) atoms. The van der Waals surface area contributed by atoms with Crippen molar-refractivity contribution in [2.24, 2.45) is 0 Å². The van der Waals surface area contributed by atoms with Crippen LogP contribution in [0.3, 0.4) is 0 Å². The van der Waals surface area contributed by atoms with Crippen LogP contribution in [0, 0.1) is 0 Å². The molecular weight excluding hydrogens is 452 g/mol. The highest BCUT2D eigenvalue weighted by atomic mass is 35.5. The molecule has 3 aromatic carbocycles. The molecule has 2 amide bonds. The number of urea groups is 1. The zero-order chi connectivity index (χ0) is 23.3. The number of carbonyl (C=O) groups excluding carboxylic acids is 1. The van der Waals surface area contributed by atoms with Crippen molar-refractivity contribution in [2.45, 2.75) is 6.04 Å². The van der Waals surface area contributed by atoms with Gasteiger partial charge < -0.3 is 25.0 Å². The van der Waals surface area contributed by atoms with E-state index in [2.05, 4.69) is 50.8 Å². The molecule has 2 aliphatic rings. The molecule has 0 unspecified atom stereocenters. The van der Waals surface area contributed by atoms with Crippen LogP contribution in [0.5, 0.6) is 11.5 Å². The van der Waals surface area contributed by atoms with Gasteiger partial charge in [0, 0.05) is 49.1 Å². The number of ether oxygens (including phenoxy) is 2. The van der Waals surface area contributed by atoms with Gasteiger partial charge >= 0.3 is 6.03 Å². The topological polar surface area (TPSA) is 66.1 Å². The molecule has 2 aliphatic heterocycles. The summed E-state index contributed by atoms with van der Waals surface area (Å²) in [5, 5.41) is 6.54. The van der Waals surface area contributed by atoms with Crippen LogP contribution in [0.25, 0.3) is 0 Å². The predicted octanol–water partition coefficient (Wildman–Crippen LogP) is 4.75. The van der Waals surface area contributed by atoms with Crippen LogP contribution in [0.2, 0.25) is 5.02 Å². The van der Waals surface area contributed by atoms with Crippen molar-refractivity contribution >= 4 is 29.0 Å². The van der Waals surface area contributed by atoms with E-state index in [1.807, 2.05) is 18.2 Å². The van der Waals surface area contributed by atoms with E-state index in [9.17, 15) is 4.79 Å². The van der Waals surface area contributed by atoms with Gasteiger partial charge in [-0.2, -0.15) is 0 Å². The molecule has 8 heteroatoms. The molecule has 2 N–H and O–H groups in total. The zero-order valence-electron chi connectivity index (χ0n) is 18.7.